The van der Waals surface area contributed by atoms with E-state index in [1.807, 2.05) is 45.0 Å². The van der Waals surface area contributed by atoms with E-state index in [1.165, 1.54) is 6.20 Å². The number of nitrogens with zero attached hydrogens (tertiary/aromatic N) is 3. The minimum Gasteiger partial charge on any atom is -0.438 e. The van der Waals surface area contributed by atoms with Gasteiger partial charge in [-0.2, -0.15) is 0 Å². The number of hydrogen-bond donors (Lipinski definition) is 1. The van der Waals surface area contributed by atoms with Crippen LogP contribution in [0.15, 0.2) is 67.0 Å². The number of carbonyl (C=O) groups is 2. The average Bonchev–Trinajstić information content (AvgIpc) is 2.87. The van der Waals surface area contributed by atoms with E-state index in [2.05, 4.69) is 9.97 Å². The molecule has 0 bridgehead atoms. The maximum Gasteiger partial charge on any atom is 0.232 e. The molecule has 0 saturated carbocycles. The molecule has 0 radical (unpaired) electrons. The summed E-state index contributed by atoms with van der Waals surface area (Å²) in [5, 5.41) is 2.21. The maximum atomic E-state index is 13.2. The molecular weight excluding hydrogens is 488 g/mol. The summed E-state index contributed by atoms with van der Waals surface area (Å²) in [6.45, 7) is 5.63. The fraction of sp³-hybridized carbons (Fsp3) is 0.241. The first-order chi connectivity index (χ1) is 17.5. The van der Waals surface area contributed by atoms with Crippen molar-refractivity contribution in [3.63, 3.8) is 0 Å². The Labute approximate surface area is 221 Å². The first-order valence-electron chi connectivity index (χ1n) is 11.9. The molecule has 7 nitrogen and oxygen atoms in total. The molecule has 0 unspecified atom stereocenters. The van der Waals surface area contributed by atoms with Crippen LogP contribution in [-0.2, 0) is 11.2 Å². The van der Waals surface area contributed by atoms with Crippen LogP contribution in [0, 0.1) is 5.41 Å². The van der Waals surface area contributed by atoms with Crippen molar-refractivity contribution in [2.45, 2.75) is 33.6 Å². The predicted octanol–water partition coefficient (Wildman–Crippen LogP) is 6.48. The Morgan fingerprint density at radius 3 is 2.46 bits per heavy atom. The van der Waals surface area contributed by atoms with E-state index in [1.54, 1.807) is 48.5 Å². The third-order valence-electron chi connectivity index (χ3n) is 6.00. The van der Waals surface area contributed by atoms with Gasteiger partial charge in [-0.25, -0.2) is 9.97 Å². The summed E-state index contributed by atoms with van der Waals surface area (Å²) >= 11 is 6.16. The van der Waals surface area contributed by atoms with E-state index in [-0.39, 0.29) is 24.0 Å². The Morgan fingerprint density at radius 2 is 1.76 bits per heavy atom. The van der Waals surface area contributed by atoms with E-state index in [0.717, 1.165) is 22.0 Å². The van der Waals surface area contributed by atoms with Crippen molar-refractivity contribution in [3.05, 3.63) is 83.1 Å². The summed E-state index contributed by atoms with van der Waals surface area (Å²) in [5.41, 5.74) is 7.50. The Morgan fingerprint density at radius 1 is 1.03 bits per heavy atom. The number of ketones is 1. The number of pyridine rings is 2. The molecule has 0 saturated heterocycles. The van der Waals surface area contributed by atoms with Gasteiger partial charge in [-0.15, -0.1) is 0 Å². The number of hydrogen-bond acceptors (Lipinski definition) is 6. The molecule has 2 aromatic carbocycles. The zero-order chi connectivity index (χ0) is 26.7. The Bertz CT molecular complexity index is 1460. The van der Waals surface area contributed by atoms with Crippen LogP contribution >= 0.6 is 11.6 Å². The van der Waals surface area contributed by atoms with Gasteiger partial charge < -0.3 is 15.4 Å². The number of fused-ring (bicyclic) bond motifs is 1. The predicted molar refractivity (Wildman–Crippen MR) is 147 cm³/mol. The minimum atomic E-state index is -0.496. The van der Waals surface area contributed by atoms with Gasteiger partial charge in [0, 0.05) is 42.4 Å². The van der Waals surface area contributed by atoms with E-state index in [4.69, 9.17) is 22.1 Å². The van der Waals surface area contributed by atoms with E-state index in [9.17, 15) is 9.59 Å². The minimum absolute atomic E-state index is 0.0000302. The lowest BCUT2D eigenvalue weighted by Crippen LogP contribution is -2.36. The van der Waals surface area contributed by atoms with Gasteiger partial charge in [0.15, 0.2) is 5.78 Å². The van der Waals surface area contributed by atoms with Crippen LogP contribution in [-0.4, -0.2) is 28.7 Å². The number of anilines is 2. The van der Waals surface area contributed by atoms with Crippen LogP contribution in [0.3, 0.4) is 0 Å². The second-order valence-electron chi connectivity index (χ2n) is 9.89. The Hall–Kier alpha value is -3.97. The number of halogens is 1. The van der Waals surface area contributed by atoms with Gasteiger partial charge in [0.2, 0.25) is 11.8 Å². The van der Waals surface area contributed by atoms with Crippen molar-refractivity contribution in [1.29, 1.82) is 0 Å². The molecular formula is C29H29ClN4O3. The summed E-state index contributed by atoms with van der Waals surface area (Å²) in [6.07, 6.45) is 3.90. The fourth-order valence-electron chi connectivity index (χ4n) is 3.98. The van der Waals surface area contributed by atoms with Crippen LogP contribution in [0.4, 0.5) is 11.5 Å². The molecule has 0 fully saturated rings. The molecule has 2 heterocycles. The maximum absolute atomic E-state index is 13.2. The molecule has 37 heavy (non-hydrogen) atoms. The Balaban J connectivity index is 1.48. The monoisotopic (exact) mass is 516 g/mol. The molecule has 2 N–H and O–H groups in total. The molecule has 4 aromatic rings. The van der Waals surface area contributed by atoms with Gasteiger partial charge in [0.05, 0.1) is 10.6 Å². The number of benzene rings is 2. The molecule has 2 aromatic heterocycles. The smallest absolute Gasteiger partial charge is 0.232 e. The molecule has 8 heteroatoms. The SMILES string of the molecule is CN(C(=O)C(C)(C)C)c1ccc(Oc2ncc(Cl)cc2C(=O)CCc2ccc3c(N)nccc3c2)cc1. The fourth-order valence-corrected chi connectivity index (χ4v) is 4.13. The third kappa shape index (κ3) is 6.06. The van der Waals surface area contributed by atoms with Gasteiger partial charge in [-0.05, 0) is 53.8 Å². The molecule has 4 rings (SSSR count). The number of ether oxygens (including phenoxy) is 1. The lowest BCUT2D eigenvalue weighted by Gasteiger charge is -2.26. The van der Waals surface area contributed by atoms with Crippen molar-refractivity contribution in [1.82, 2.24) is 9.97 Å². The second-order valence-corrected chi connectivity index (χ2v) is 10.3. The number of carbonyl (C=O) groups excluding carboxylic acids is 2. The number of rotatable bonds is 7. The normalized spacial score (nSPS) is 11.4. The van der Waals surface area contributed by atoms with Gasteiger partial charge in [0.1, 0.15) is 11.6 Å². The van der Waals surface area contributed by atoms with Crippen molar-refractivity contribution < 1.29 is 14.3 Å². The van der Waals surface area contributed by atoms with Crippen molar-refractivity contribution in [3.8, 4) is 11.6 Å². The molecule has 0 aliphatic carbocycles. The van der Waals surface area contributed by atoms with Gasteiger partial charge in [-0.3, -0.25) is 9.59 Å². The summed E-state index contributed by atoms with van der Waals surface area (Å²) in [6, 6.07) is 16.4. The van der Waals surface area contributed by atoms with Crippen LogP contribution in [0.5, 0.6) is 11.6 Å². The van der Waals surface area contributed by atoms with Crippen molar-refractivity contribution >= 4 is 45.6 Å². The number of amides is 1. The van der Waals surface area contributed by atoms with Crippen molar-refractivity contribution in [2.24, 2.45) is 5.41 Å². The van der Waals surface area contributed by atoms with Gasteiger partial charge >= 0.3 is 0 Å². The number of Topliss-reactive ketones (excluding diaryl/α,β-unsaturated/α-hetero) is 1. The van der Waals surface area contributed by atoms with Crippen LogP contribution in [0.25, 0.3) is 10.8 Å². The topological polar surface area (TPSA) is 98.4 Å². The zero-order valence-electron chi connectivity index (χ0n) is 21.3. The number of nitrogen functional groups attached to an aromatic ring is 1. The van der Waals surface area contributed by atoms with Crippen LogP contribution in [0.1, 0.15) is 43.1 Å². The number of nitrogens with two attached hydrogens (primary N) is 1. The molecule has 0 aliphatic rings. The third-order valence-corrected chi connectivity index (χ3v) is 6.21. The van der Waals surface area contributed by atoms with E-state index in [0.29, 0.717) is 28.6 Å². The molecule has 0 spiro atoms. The molecule has 1 amide bonds. The number of aryl methyl sites for hydroxylation is 1. The highest BCUT2D eigenvalue weighted by Crippen LogP contribution is 2.30. The summed E-state index contributed by atoms with van der Waals surface area (Å²) in [4.78, 5) is 35.7. The van der Waals surface area contributed by atoms with Gasteiger partial charge in [-0.1, -0.05) is 50.6 Å². The quantitative estimate of drug-likeness (QED) is 0.282. The Kier molecular flexibility index (Phi) is 7.45. The van der Waals surface area contributed by atoms with E-state index < -0.39 is 5.41 Å². The van der Waals surface area contributed by atoms with Gasteiger partial charge in [0.25, 0.3) is 0 Å². The zero-order valence-corrected chi connectivity index (χ0v) is 22.0. The molecule has 190 valence electrons. The summed E-state index contributed by atoms with van der Waals surface area (Å²) in [5.74, 6) is 1.02. The highest BCUT2D eigenvalue weighted by Gasteiger charge is 2.26. The van der Waals surface area contributed by atoms with E-state index >= 15 is 0 Å². The lowest BCUT2D eigenvalue weighted by molar-refractivity contribution is -0.125. The van der Waals surface area contributed by atoms with Crippen molar-refractivity contribution in [2.75, 3.05) is 17.7 Å². The second kappa shape index (κ2) is 10.6. The standard InChI is InChI=1S/C29H29ClN4O3/c1-29(2,3)28(36)34(4)21-7-9-22(10-8-21)37-27-24(16-20(30)17-33-27)25(35)12-6-18-5-11-23-19(15-18)13-14-32-26(23)31/h5,7-11,13-17H,6,12H2,1-4H3,(H2,31,32). The van der Waals surface area contributed by atoms with Crippen LogP contribution < -0.4 is 15.4 Å². The first kappa shape index (κ1) is 26.1. The molecule has 0 atom stereocenters. The summed E-state index contributed by atoms with van der Waals surface area (Å²) in [7, 11) is 1.74. The lowest BCUT2D eigenvalue weighted by atomic mass is 9.95. The average molecular weight is 517 g/mol. The largest absolute Gasteiger partial charge is 0.438 e. The molecule has 0 aliphatic heterocycles. The van der Waals surface area contributed by atoms with Crippen LogP contribution in [0.2, 0.25) is 5.02 Å². The first-order valence-corrected chi connectivity index (χ1v) is 12.3. The number of aromatic nitrogens is 2. The highest BCUT2D eigenvalue weighted by molar-refractivity contribution is 6.30. The highest BCUT2D eigenvalue weighted by atomic mass is 35.5. The summed E-state index contributed by atoms with van der Waals surface area (Å²) < 4.78 is 5.96.